The molecule has 0 aliphatic heterocycles. The summed E-state index contributed by atoms with van der Waals surface area (Å²) < 4.78 is 13.1. The fourth-order valence-electron chi connectivity index (χ4n) is 3.53. The van der Waals surface area contributed by atoms with Crippen LogP contribution in [0.15, 0.2) is 36.8 Å². The Morgan fingerprint density at radius 2 is 1.94 bits per heavy atom. The van der Waals surface area contributed by atoms with Crippen LogP contribution in [0.4, 0.5) is 5.82 Å². The summed E-state index contributed by atoms with van der Waals surface area (Å²) in [5.74, 6) is 2.94. The molecule has 3 heterocycles. The summed E-state index contributed by atoms with van der Waals surface area (Å²) >= 11 is 0. The third kappa shape index (κ3) is 4.93. The van der Waals surface area contributed by atoms with Crippen LogP contribution < -0.4 is 10.1 Å². The second kappa shape index (κ2) is 9.11. The summed E-state index contributed by atoms with van der Waals surface area (Å²) in [6, 6.07) is 7.98. The molecule has 0 fully saturated rings. The van der Waals surface area contributed by atoms with Gasteiger partial charge in [0, 0.05) is 55.5 Å². The second-order valence-electron chi connectivity index (χ2n) is 8.62. The third-order valence-corrected chi connectivity index (χ3v) is 5.58. The Balaban J connectivity index is 1.66. The van der Waals surface area contributed by atoms with E-state index in [0.29, 0.717) is 18.8 Å². The number of benzene rings is 1. The highest BCUT2D eigenvalue weighted by atomic mass is 16.5. The minimum atomic E-state index is -0.328. The smallest absolute Gasteiger partial charge is 0.163 e. The average Bonchev–Trinajstić information content (AvgIpc) is 3.23. The van der Waals surface area contributed by atoms with E-state index in [2.05, 4.69) is 25.5 Å². The number of hydrogen-bond donors (Lipinski definition) is 1. The van der Waals surface area contributed by atoms with Gasteiger partial charge in [0.2, 0.25) is 0 Å². The molecule has 0 unspecified atom stereocenters. The van der Waals surface area contributed by atoms with Gasteiger partial charge in [-0.3, -0.25) is 0 Å². The van der Waals surface area contributed by atoms with Crippen molar-refractivity contribution < 1.29 is 9.47 Å². The van der Waals surface area contributed by atoms with Crippen molar-refractivity contribution in [3.05, 3.63) is 53.9 Å². The number of rotatable bonds is 8. The van der Waals surface area contributed by atoms with Crippen LogP contribution in [0, 0.1) is 6.92 Å². The lowest BCUT2D eigenvalue weighted by molar-refractivity contribution is 0.0343. The van der Waals surface area contributed by atoms with Gasteiger partial charge >= 0.3 is 0 Å². The molecule has 33 heavy (non-hydrogen) atoms. The molecule has 9 nitrogen and oxygen atoms in total. The van der Waals surface area contributed by atoms with Crippen molar-refractivity contribution in [2.24, 2.45) is 7.05 Å². The van der Waals surface area contributed by atoms with E-state index in [1.807, 2.05) is 62.8 Å². The van der Waals surface area contributed by atoms with Crippen LogP contribution in [0.1, 0.15) is 30.9 Å². The fourth-order valence-corrected chi connectivity index (χ4v) is 3.53. The van der Waals surface area contributed by atoms with Crippen LogP contribution in [-0.2, 0) is 18.2 Å². The largest absolute Gasteiger partial charge is 0.496 e. The van der Waals surface area contributed by atoms with Crippen molar-refractivity contribution in [1.82, 2.24) is 29.7 Å². The quantitative estimate of drug-likeness (QED) is 0.438. The lowest BCUT2D eigenvalue weighted by atomic mass is 10.1. The third-order valence-electron chi connectivity index (χ3n) is 5.58. The lowest BCUT2D eigenvalue weighted by Crippen LogP contribution is -2.32. The number of anilines is 1. The Labute approximate surface area is 193 Å². The molecule has 0 spiro atoms. The van der Waals surface area contributed by atoms with Gasteiger partial charge in [0.05, 0.1) is 12.7 Å². The molecule has 0 aliphatic rings. The zero-order valence-corrected chi connectivity index (χ0v) is 19.9. The van der Waals surface area contributed by atoms with Crippen LogP contribution >= 0.6 is 0 Å². The second-order valence-corrected chi connectivity index (χ2v) is 8.62. The van der Waals surface area contributed by atoms with Gasteiger partial charge in [0.1, 0.15) is 23.4 Å². The Morgan fingerprint density at radius 1 is 1.12 bits per heavy atom. The minimum Gasteiger partial charge on any atom is -0.496 e. The Morgan fingerprint density at radius 3 is 2.64 bits per heavy atom. The number of pyridine rings is 1. The molecule has 3 aromatic heterocycles. The number of aromatic nitrogens is 6. The van der Waals surface area contributed by atoms with Crippen molar-refractivity contribution in [3.63, 3.8) is 0 Å². The number of aryl methyl sites for hydroxylation is 2. The molecule has 0 saturated heterocycles. The summed E-state index contributed by atoms with van der Waals surface area (Å²) in [4.78, 5) is 14.1. The molecular formula is C24H29N7O2. The lowest BCUT2D eigenvalue weighted by Gasteiger charge is -2.23. The van der Waals surface area contributed by atoms with E-state index < -0.39 is 0 Å². The Bertz CT molecular complexity index is 1280. The van der Waals surface area contributed by atoms with E-state index in [-0.39, 0.29) is 5.60 Å². The maximum Gasteiger partial charge on any atom is 0.163 e. The highest BCUT2D eigenvalue weighted by molar-refractivity contribution is 5.88. The summed E-state index contributed by atoms with van der Waals surface area (Å²) in [6.45, 7) is 6.61. The first-order valence-electron chi connectivity index (χ1n) is 10.7. The first-order valence-corrected chi connectivity index (χ1v) is 10.7. The van der Waals surface area contributed by atoms with Gasteiger partial charge in [-0.15, -0.1) is 10.2 Å². The van der Waals surface area contributed by atoms with Crippen molar-refractivity contribution in [3.8, 4) is 17.1 Å². The van der Waals surface area contributed by atoms with Gasteiger partial charge in [0.15, 0.2) is 11.6 Å². The molecule has 0 bridgehead atoms. The molecular weight excluding hydrogens is 418 g/mol. The molecule has 0 atom stereocenters. The van der Waals surface area contributed by atoms with Crippen LogP contribution in [0.25, 0.3) is 22.3 Å². The van der Waals surface area contributed by atoms with Gasteiger partial charge in [-0.05, 0) is 32.9 Å². The van der Waals surface area contributed by atoms with Gasteiger partial charge in [-0.1, -0.05) is 12.1 Å². The summed E-state index contributed by atoms with van der Waals surface area (Å²) in [6.07, 6.45) is 4.04. The Hall–Kier alpha value is -3.59. The monoisotopic (exact) mass is 447 g/mol. The molecule has 1 N–H and O–H groups in total. The molecule has 0 radical (unpaired) electrons. The number of fused-ring (bicyclic) bond motifs is 1. The van der Waals surface area contributed by atoms with Crippen LogP contribution in [0.5, 0.6) is 5.75 Å². The molecule has 4 aromatic rings. The highest BCUT2D eigenvalue weighted by Crippen LogP contribution is 2.28. The summed E-state index contributed by atoms with van der Waals surface area (Å²) in [5.41, 5.74) is 3.27. The van der Waals surface area contributed by atoms with E-state index in [1.54, 1.807) is 20.5 Å². The first kappa shape index (κ1) is 22.6. The van der Waals surface area contributed by atoms with Crippen molar-refractivity contribution in [2.75, 3.05) is 26.1 Å². The van der Waals surface area contributed by atoms with E-state index >= 15 is 0 Å². The van der Waals surface area contributed by atoms with E-state index in [4.69, 9.17) is 14.5 Å². The predicted octanol–water partition coefficient (Wildman–Crippen LogP) is 3.57. The minimum absolute atomic E-state index is 0.328. The Kier molecular flexibility index (Phi) is 6.24. The van der Waals surface area contributed by atoms with E-state index in [0.717, 1.165) is 45.1 Å². The molecule has 0 aliphatic carbocycles. The molecule has 172 valence electrons. The molecule has 1 aromatic carbocycles. The van der Waals surface area contributed by atoms with E-state index in [9.17, 15) is 0 Å². The predicted molar refractivity (Wildman–Crippen MR) is 127 cm³/mol. The molecule has 9 heteroatoms. The van der Waals surface area contributed by atoms with Gasteiger partial charge in [-0.25, -0.2) is 15.0 Å². The fraction of sp³-hybridized carbons (Fsp3) is 0.375. The van der Waals surface area contributed by atoms with Crippen molar-refractivity contribution in [2.45, 2.75) is 32.8 Å². The normalized spacial score (nSPS) is 11.7. The van der Waals surface area contributed by atoms with Crippen LogP contribution in [0.2, 0.25) is 0 Å². The highest BCUT2D eigenvalue weighted by Gasteiger charge is 2.18. The molecule has 0 saturated carbocycles. The van der Waals surface area contributed by atoms with Crippen LogP contribution in [-0.4, -0.2) is 56.1 Å². The zero-order valence-electron chi connectivity index (χ0n) is 19.9. The number of ether oxygens (including phenoxy) is 2. The van der Waals surface area contributed by atoms with Gasteiger partial charge in [0.25, 0.3) is 0 Å². The number of hydrogen-bond acceptors (Lipinski definition) is 8. The average molecular weight is 448 g/mol. The number of nitrogens with one attached hydrogen (secondary N) is 1. The topological polar surface area (TPSA) is 99.9 Å². The zero-order chi connectivity index (χ0) is 23.6. The van der Waals surface area contributed by atoms with Crippen LogP contribution in [0.3, 0.4) is 0 Å². The number of nitrogens with zero attached hydrogens (tertiary/aromatic N) is 6. The van der Waals surface area contributed by atoms with Gasteiger partial charge in [-0.2, -0.15) is 0 Å². The summed E-state index contributed by atoms with van der Waals surface area (Å²) in [5, 5.41) is 12.5. The van der Waals surface area contributed by atoms with Crippen molar-refractivity contribution >= 4 is 16.7 Å². The molecule has 4 rings (SSSR count). The molecule has 0 amide bonds. The standard InChI is InChI=1S/C24H29N7O2/c1-15-9-18-12-25-20(29-21(18)22(28-15)26-13-24(2,3)33-6)11-16-7-8-17(10-19(16)32-5)23-30-27-14-31(23)4/h7-10,12,14H,11,13H2,1-6H3,(H,26,28). The SMILES string of the molecule is COc1cc(-c2nncn2C)ccc1Cc1ncc2cc(C)nc(NCC(C)(C)OC)c2n1. The van der Waals surface area contributed by atoms with E-state index in [1.165, 1.54) is 0 Å². The first-order chi connectivity index (χ1) is 15.8. The summed E-state index contributed by atoms with van der Waals surface area (Å²) in [7, 11) is 5.27. The maximum absolute atomic E-state index is 5.66. The van der Waals surface area contributed by atoms with Gasteiger partial charge < -0.3 is 19.4 Å². The maximum atomic E-state index is 5.66. The number of methoxy groups -OCH3 is 2. The van der Waals surface area contributed by atoms with Crippen molar-refractivity contribution in [1.29, 1.82) is 0 Å².